The Morgan fingerprint density at radius 2 is 0.576 bits per heavy atom. The van der Waals surface area contributed by atoms with Crippen molar-refractivity contribution in [1.29, 1.82) is 0 Å². The Morgan fingerprint density at radius 3 is 0.813 bits per heavy atom. The van der Waals surface area contributed by atoms with Crippen LogP contribution in [0, 0.1) is 35.4 Å². The standard InChI is InChI=1S/2C22H24ClN3O2.2C22H26ClN3O2.C21H24FN3O2/c2*1-3-10-25-14-18(6-9-22(25)27)26-13-17(12-24-26)20-8-7-19(11-21(20)23)28-15(2)16-4-5-16;2*1-5-10-25-14-18(6-9-22(25)27)26-13-17(12-24-26)20-8-7-19(11-21(20)23)28-16(4)15(2)3;1-4-9-24-13-18(6-8-21(24)26)25-12-17(11-23-25)16-5-7-20(19(22)10-16)27-14-15(2)3/h2*6-9,11-16H,3-5,10H2,1-2H3;2*6-9,11-16H,5,10H2,1-4H3;5-8,10-13,15H,4,9,14H2,1-3H3/t2*15-;2*16-;/m1010./s1. The first-order chi connectivity index (χ1) is 66.8. The van der Waals surface area contributed by atoms with E-state index in [0.29, 0.717) is 89.0 Å². The van der Waals surface area contributed by atoms with Crippen molar-refractivity contribution in [3.63, 3.8) is 0 Å². The van der Waals surface area contributed by atoms with Gasteiger partial charge in [0.15, 0.2) is 11.6 Å². The summed E-state index contributed by atoms with van der Waals surface area (Å²) in [5, 5.41) is 24.6. The molecule has 0 aliphatic heterocycles. The number of halogens is 5. The van der Waals surface area contributed by atoms with E-state index in [1.807, 2.05) is 183 Å². The minimum Gasteiger partial charge on any atom is -0.490 e. The third kappa shape index (κ3) is 28.0. The molecule has 25 nitrogen and oxygen atoms in total. The highest BCUT2D eigenvalue weighted by Gasteiger charge is 2.31. The molecule has 2 saturated carbocycles. The first kappa shape index (κ1) is 103. The van der Waals surface area contributed by atoms with E-state index in [4.69, 9.17) is 70.1 Å². The highest BCUT2D eigenvalue weighted by atomic mass is 35.5. The molecule has 15 aromatic rings. The van der Waals surface area contributed by atoms with Gasteiger partial charge in [-0.2, -0.15) is 25.5 Å². The van der Waals surface area contributed by atoms with E-state index in [-0.39, 0.29) is 58.0 Å². The highest BCUT2D eigenvalue weighted by molar-refractivity contribution is 6.34. The Bertz CT molecular complexity index is 6330. The number of hydrogen-bond donors (Lipinski definition) is 0. The average Bonchev–Trinajstić information content (AvgIpc) is 1.64. The molecule has 0 unspecified atom stereocenters. The van der Waals surface area contributed by atoms with Gasteiger partial charge in [0, 0.05) is 175 Å². The van der Waals surface area contributed by atoms with Gasteiger partial charge in [0.2, 0.25) is 0 Å². The lowest BCUT2D eigenvalue weighted by atomic mass is 10.1. The van der Waals surface area contributed by atoms with Crippen LogP contribution < -0.4 is 51.5 Å². The van der Waals surface area contributed by atoms with Gasteiger partial charge < -0.3 is 46.5 Å². The fourth-order valence-corrected chi connectivity index (χ4v) is 16.2. The summed E-state index contributed by atoms with van der Waals surface area (Å²) < 4.78 is 60.8. The summed E-state index contributed by atoms with van der Waals surface area (Å²) >= 11 is 26.1. The lowest BCUT2D eigenvalue weighted by molar-refractivity contribution is 0.170. The summed E-state index contributed by atoms with van der Waals surface area (Å²) in [5.41, 5.74) is 12.8. The van der Waals surface area contributed by atoms with Crippen LogP contribution in [0.3, 0.4) is 0 Å². The molecule has 0 saturated heterocycles. The molecule has 10 aromatic heterocycles. The van der Waals surface area contributed by atoms with Crippen molar-refractivity contribution in [2.24, 2.45) is 29.6 Å². The second-order valence-electron chi connectivity index (χ2n) is 36.3. The molecule has 4 atom stereocenters. The topological polar surface area (TPSA) is 245 Å². The van der Waals surface area contributed by atoms with Crippen molar-refractivity contribution in [2.45, 2.75) is 219 Å². The Kier molecular flexibility index (Phi) is 36.1. The summed E-state index contributed by atoms with van der Waals surface area (Å²) in [6, 6.07) is 44.6. The van der Waals surface area contributed by atoms with Gasteiger partial charge in [0.05, 0.1) is 111 Å². The van der Waals surface area contributed by atoms with Gasteiger partial charge in [-0.15, -0.1) is 0 Å². The monoisotopic (exact) mass is 1960 g/mol. The van der Waals surface area contributed by atoms with E-state index in [1.54, 1.807) is 144 Å². The van der Waals surface area contributed by atoms with E-state index < -0.39 is 5.82 Å². The molecule has 17 rings (SSSR count). The van der Waals surface area contributed by atoms with Crippen molar-refractivity contribution in [1.82, 2.24) is 71.7 Å². The predicted octanol–water partition coefficient (Wildman–Crippen LogP) is 24.5. The molecule has 0 bridgehead atoms. The maximum Gasteiger partial charge on any atom is 0.250 e. The molecule has 139 heavy (non-hydrogen) atoms. The SMILES string of the molecule is CCCn1cc(-n2cc(-c3ccc(OCC(C)C)c(F)c3)cn2)ccc1=O.CCCn1cc(-n2cc(-c3ccc(O[C@@H](C)C(C)C)cc3Cl)cn2)ccc1=O.CCCn1cc(-n2cc(-c3ccc(O[C@@H](C)C4CC4)cc3Cl)cn2)ccc1=O.CCCn1cc(-n2cc(-c3ccc(O[C@H](C)C(C)C)cc3Cl)cn2)ccc1=O.CCCn1cc(-n2cc(-c3ccc(O[C@H](C)C4CC4)cc3Cl)cn2)ccc1=O. The number of pyridine rings is 5. The highest BCUT2D eigenvalue weighted by Crippen LogP contribution is 2.41. The van der Waals surface area contributed by atoms with Crippen LogP contribution in [-0.4, -0.2) is 103 Å². The van der Waals surface area contributed by atoms with E-state index in [9.17, 15) is 28.4 Å². The molecule has 0 spiro atoms. The molecular formula is C109H124Cl4FN15O10. The number of aryl methyl sites for hydroxylation is 5. The summed E-state index contributed by atoms with van der Waals surface area (Å²) in [7, 11) is 0. The maximum absolute atomic E-state index is 14.3. The van der Waals surface area contributed by atoms with Crippen molar-refractivity contribution in [3.05, 3.63) is 322 Å². The van der Waals surface area contributed by atoms with Crippen LogP contribution in [0.25, 0.3) is 84.1 Å². The third-order valence-corrected chi connectivity index (χ3v) is 25.2. The molecule has 5 aromatic carbocycles. The Balaban J connectivity index is 0.000000146. The minimum absolute atomic E-state index is 0.00274. The number of aromatic nitrogens is 15. The zero-order valence-electron chi connectivity index (χ0n) is 81.6. The Labute approximate surface area is 830 Å². The van der Waals surface area contributed by atoms with Gasteiger partial charge in [0.1, 0.15) is 23.0 Å². The number of hydrogen-bond acceptors (Lipinski definition) is 15. The average molecular weight is 1970 g/mol. The zero-order chi connectivity index (χ0) is 99.3. The van der Waals surface area contributed by atoms with Crippen LogP contribution in [-0.2, 0) is 32.7 Å². The normalized spacial score (nSPS) is 13.1. The second kappa shape index (κ2) is 48.5. The molecule has 2 fully saturated rings. The maximum atomic E-state index is 14.3. The lowest BCUT2D eigenvalue weighted by Crippen LogP contribution is -2.19. The van der Waals surface area contributed by atoms with E-state index >= 15 is 0 Å². The molecule has 2 aliphatic rings. The Hall–Kier alpha value is -13.0. The van der Waals surface area contributed by atoms with Crippen LogP contribution >= 0.6 is 46.4 Å². The molecule has 10 heterocycles. The zero-order valence-corrected chi connectivity index (χ0v) is 84.6. The van der Waals surface area contributed by atoms with Crippen molar-refractivity contribution < 1.29 is 28.1 Å². The van der Waals surface area contributed by atoms with Crippen LogP contribution in [0.2, 0.25) is 20.1 Å². The van der Waals surface area contributed by atoms with Gasteiger partial charge in [-0.25, -0.2) is 27.8 Å². The van der Waals surface area contributed by atoms with Gasteiger partial charge in [-0.1, -0.05) is 129 Å². The van der Waals surface area contributed by atoms with Gasteiger partial charge in [-0.05, 0) is 236 Å². The largest absolute Gasteiger partial charge is 0.490 e. The molecule has 2 aliphatic carbocycles. The van der Waals surface area contributed by atoms with Gasteiger partial charge in [-0.3, -0.25) is 24.0 Å². The minimum atomic E-state index is -0.391. The third-order valence-electron chi connectivity index (χ3n) is 24.0. The predicted molar refractivity (Wildman–Crippen MR) is 554 cm³/mol. The number of ether oxygens (including phenoxy) is 5. The van der Waals surface area contributed by atoms with Gasteiger partial charge >= 0.3 is 0 Å². The second-order valence-corrected chi connectivity index (χ2v) is 38.0. The number of nitrogens with zero attached hydrogens (tertiary/aromatic N) is 15. The Morgan fingerprint density at radius 1 is 0.317 bits per heavy atom. The molecule has 0 N–H and O–H groups in total. The molecule has 0 amide bonds. The summed E-state index contributed by atoms with van der Waals surface area (Å²) in [5.74, 6) is 5.50. The van der Waals surface area contributed by atoms with Crippen molar-refractivity contribution in [2.75, 3.05) is 6.61 Å². The quantitative estimate of drug-likeness (QED) is 0.0358. The smallest absolute Gasteiger partial charge is 0.250 e. The van der Waals surface area contributed by atoms with Crippen molar-refractivity contribution >= 4 is 46.4 Å². The summed E-state index contributed by atoms with van der Waals surface area (Å²) in [6.45, 7) is 34.9. The lowest BCUT2D eigenvalue weighted by Gasteiger charge is -2.18. The fourth-order valence-electron chi connectivity index (χ4n) is 15.1. The van der Waals surface area contributed by atoms with E-state index in [1.165, 1.54) is 37.8 Å². The van der Waals surface area contributed by atoms with Crippen LogP contribution in [0.1, 0.15) is 162 Å². The van der Waals surface area contributed by atoms with Crippen molar-refractivity contribution in [3.8, 4) is 113 Å². The molecule has 730 valence electrons. The first-order valence-electron chi connectivity index (χ1n) is 47.9. The van der Waals surface area contributed by atoms with Crippen LogP contribution in [0.5, 0.6) is 28.7 Å². The summed E-state index contributed by atoms with van der Waals surface area (Å²) in [4.78, 5) is 59.5. The van der Waals surface area contributed by atoms with E-state index in [2.05, 4.69) is 80.9 Å². The van der Waals surface area contributed by atoms with Gasteiger partial charge in [0.25, 0.3) is 27.8 Å². The van der Waals surface area contributed by atoms with E-state index in [0.717, 1.165) is 139 Å². The molecule has 0 radical (unpaired) electrons. The fraction of sp³-hybridized carbons (Fsp3) is 0.358. The first-order valence-corrected chi connectivity index (χ1v) is 49.4. The van der Waals surface area contributed by atoms with Crippen LogP contribution in [0.15, 0.2) is 269 Å². The molecule has 30 heteroatoms. The van der Waals surface area contributed by atoms with Crippen LogP contribution in [0.4, 0.5) is 4.39 Å². The summed E-state index contributed by atoms with van der Waals surface area (Å²) in [6.07, 6.45) is 37.5. The number of rotatable bonds is 35. The number of benzene rings is 5. The molecular weight excluding hydrogens is 1840 g/mol.